The molecule has 0 aliphatic rings. The largest absolute Gasteiger partial charge is 0.496 e. The fourth-order valence-electron chi connectivity index (χ4n) is 1.32. The van der Waals surface area contributed by atoms with Crippen molar-refractivity contribution in [2.45, 2.75) is 6.92 Å². The molecular formula is C12H17NO2. The molecule has 3 heteroatoms. The molecule has 0 bridgehead atoms. The Morgan fingerprint density at radius 2 is 2.07 bits per heavy atom. The number of Topliss-reactive ketones (excluding diaryl/α,β-unsaturated/α-hetero) is 1. The van der Waals surface area contributed by atoms with Crippen LogP contribution in [0, 0.1) is 0 Å². The topological polar surface area (TPSA) is 29.5 Å². The maximum atomic E-state index is 11.9. The lowest BCUT2D eigenvalue weighted by atomic mass is 10.1. The molecule has 0 amide bonds. The molecule has 1 rings (SSSR count). The molecule has 0 aliphatic carbocycles. The summed E-state index contributed by atoms with van der Waals surface area (Å²) in [5, 5.41) is 0. The molecule has 0 spiro atoms. The van der Waals surface area contributed by atoms with Crippen LogP contribution < -0.4 is 4.74 Å². The summed E-state index contributed by atoms with van der Waals surface area (Å²) in [6.45, 7) is 3.31. The van der Waals surface area contributed by atoms with Gasteiger partial charge in [-0.25, -0.2) is 0 Å². The average molecular weight is 207 g/mol. The number of rotatable bonds is 5. The average Bonchev–Trinajstić information content (AvgIpc) is 2.28. The highest BCUT2D eigenvalue weighted by Gasteiger charge is 2.12. The van der Waals surface area contributed by atoms with Gasteiger partial charge < -0.3 is 4.74 Å². The highest BCUT2D eigenvalue weighted by atomic mass is 16.5. The zero-order valence-electron chi connectivity index (χ0n) is 9.49. The summed E-state index contributed by atoms with van der Waals surface area (Å²) in [6.07, 6.45) is 0. The highest BCUT2D eigenvalue weighted by Crippen LogP contribution is 2.17. The Labute approximate surface area is 90.7 Å². The first-order valence-electron chi connectivity index (χ1n) is 5.03. The summed E-state index contributed by atoms with van der Waals surface area (Å²) in [4.78, 5) is 13.8. The van der Waals surface area contributed by atoms with Crippen LogP contribution in [0.4, 0.5) is 0 Å². The Balaban J connectivity index is 2.81. The number of ketones is 1. The molecule has 1 aromatic carbocycles. The molecule has 0 aliphatic heterocycles. The Kier molecular flexibility index (Phi) is 4.31. The Morgan fingerprint density at radius 3 is 2.67 bits per heavy atom. The van der Waals surface area contributed by atoms with Crippen molar-refractivity contribution in [3.05, 3.63) is 29.8 Å². The first kappa shape index (κ1) is 11.7. The second-order valence-corrected chi connectivity index (χ2v) is 3.45. The van der Waals surface area contributed by atoms with Gasteiger partial charge >= 0.3 is 0 Å². The van der Waals surface area contributed by atoms with E-state index in [2.05, 4.69) is 0 Å². The first-order valence-corrected chi connectivity index (χ1v) is 5.03. The van der Waals surface area contributed by atoms with Crippen molar-refractivity contribution in [2.24, 2.45) is 0 Å². The molecule has 0 saturated carbocycles. The van der Waals surface area contributed by atoms with Crippen LogP contribution >= 0.6 is 0 Å². The lowest BCUT2D eigenvalue weighted by Gasteiger charge is -2.13. The number of likely N-dealkylation sites (N-methyl/N-ethyl adjacent to an activating group) is 1. The molecule has 0 aromatic heterocycles. The molecule has 0 N–H and O–H groups in total. The maximum Gasteiger partial charge on any atom is 0.180 e. The zero-order chi connectivity index (χ0) is 11.3. The van der Waals surface area contributed by atoms with Crippen molar-refractivity contribution in [1.29, 1.82) is 0 Å². The van der Waals surface area contributed by atoms with Gasteiger partial charge in [0.2, 0.25) is 0 Å². The van der Waals surface area contributed by atoms with Gasteiger partial charge in [0.1, 0.15) is 5.75 Å². The number of carbonyl (C=O) groups is 1. The second kappa shape index (κ2) is 5.51. The summed E-state index contributed by atoms with van der Waals surface area (Å²) in [6, 6.07) is 7.31. The minimum atomic E-state index is 0.0943. The van der Waals surface area contributed by atoms with Crippen LogP contribution in [-0.2, 0) is 0 Å². The van der Waals surface area contributed by atoms with E-state index < -0.39 is 0 Å². The molecule has 0 saturated heterocycles. The number of methoxy groups -OCH3 is 1. The van der Waals surface area contributed by atoms with Crippen molar-refractivity contribution in [1.82, 2.24) is 4.90 Å². The van der Waals surface area contributed by atoms with Gasteiger partial charge in [0.15, 0.2) is 5.78 Å². The Hall–Kier alpha value is -1.35. The van der Waals surface area contributed by atoms with Gasteiger partial charge in [-0.1, -0.05) is 19.1 Å². The van der Waals surface area contributed by atoms with Crippen molar-refractivity contribution in [2.75, 3.05) is 27.2 Å². The predicted octanol–water partition coefficient (Wildman–Crippen LogP) is 1.83. The highest BCUT2D eigenvalue weighted by molar-refractivity contribution is 6.00. The number of ether oxygens (including phenoxy) is 1. The standard InChI is InChI=1S/C12H17NO2/c1-4-13(2)9-11(14)10-7-5-6-8-12(10)15-3/h5-8H,4,9H2,1-3H3. The molecule has 0 radical (unpaired) electrons. The molecule has 0 fully saturated rings. The Bertz CT molecular complexity index is 336. The fourth-order valence-corrected chi connectivity index (χ4v) is 1.32. The van der Waals surface area contributed by atoms with Gasteiger partial charge in [0, 0.05) is 0 Å². The van der Waals surface area contributed by atoms with E-state index in [4.69, 9.17) is 4.74 Å². The summed E-state index contributed by atoms with van der Waals surface area (Å²) < 4.78 is 5.14. The summed E-state index contributed by atoms with van der Waals surface area (Å²) in [5.74, 6) is 0.740. The van der Waals surface area contributed by atoms with Crippen molar-refractivity contribution < 1.29 is 9.53 Å². The van der Waals surface area contributed by atoms with Crippen LogP contribution in [0.1, 0.15) is 17.3 Å². The zero-order valence-corrected chi connectivity index (χ0v) is 9.49. The van der Waals surface area contributed by atoms with Gasteiger partial charge in [0.05, 0.1) is 19.2 Å². The summed E-state index contributed by atoms with van der Waals surface area (Å²) in [7, 11) is 3.50. The van der Waals surface area contributed by atoms with E-state index in [9.17, 15) is 4.79 Å². The van der Waals surface area contributed by atoms with E-state index in [0.717, 1.165) is 6.54 Å². The molecule has 0 unspecified atom stereocenters. The molecule has 3 nitrogen and oxygen atoms in total. The minimum Gasteiger partial charge on any atom is -0.496 e. The lowest BCUT2D eigenvalue weighted by Crippen LogP contribution is -2.25. The van der Waals surface area contributed by atoms with Crippen molar-refractivity contribution in [3.63, 3.8) is 0 Å². The molecule has 0 heterocycles. The van der Waals surface area contributed by atoms with E-state index in [-0.39, 0.29) is 5.78 Å². The van der Waals surface area contributed by atoms with Gasteiger partial charge in [0.25, 0.3) is 0 Å². The van der Waals surface area contributed by atoms with E-state index in [1.807, 2.05) is 31.0 Å². The van der Waals surface area contributed by atoms with Gasteiger partial charge in [-0.05, 0) is 25.7 Å². The maximum absolute atomic E-state index is 11.9. The quantitative estimate of drug-likeness (QED) is 0.690. The van der Waals surface area contributed by atoms with E-state index >= 15 is 0 Å². The number of benzene rings is 1. The van der Waals surface area contributed by atoms with Crippen molar-refractivity contribution in [3.8, 4) is 5.75 Å². The van der Waals surface area contributed by atoms with Crippen LogP contribution in [0.25, 0.3) is 0 Å². The molecular weight excluding hydrogens is 190 g/mol. The van der Waals surface area contributed by atoms with Crippen LogP contribution in [-0.4, -0.2) is 37.9 Å². The monoisotopic (exact) mass is 207 g/mol. The molecule has 0 atom stereocenters. The Morgan fingerprint density at radius 1 is 1.40 bits per heavy atom. The van der Waals surface area contributed by atoms with E-state index in [1.54, 1.807) is 19.2 Å². The number of nitrogens with zero attached hydrogens (tertiary/aromatic N) is 1. The van der Waals surface area contributed by atoms with Crippen LogP contribution in [0.15, 0.2) is 24.3 Å². The fraction of sp³-hybridized carbons (Fsp3) is 0.417. The third-order valence-electron chi connectivity index (χ3n) is 2.36. The van der Waals surface area contributed by atoms with E-state index in [1.165, 1.54) is 0 Å². The summed E-state index contributed by atoms with van der Waals surface area (Å²) >= 11 is 0. The third-order valence-corrected chi connectivity index (χ3v) is 2.36. The van der Waals surface area contributed by atoms with Crippen LogP contribution in [0.5, 0.6) is 5.75 Å². The normalized spacial score (nSPS) is 10.4. The summed E-state index contributed by atoms with van der Waals surface area (Å²) in [5.41, 5.74) is 0.653. The number of carbonyl (C=O) groups excluding carboxylic acids is 1. The SMILES string of the molecule is CCN(C)CC(=O)c1ccccc1OC. The number of para-hydroxylation sites is 1. The number of hydrogen-bond acceptors (Lipinski definition) is 3. The van der Waals surface area contributed by atoms with Crippen LogP contribution in [0.2, 0.25) is 0 Å². The van der Waals surface area contributed by atoms with Gasteiger partial charge in [-0.15, -0.1) is 0 Å². The second-order valence-electron chi connectivity index (χ2n) is 3.45. The minimum absolute atomic E-state index is 0.0943. The number of hydrogen-bond donors (Lipinski definition) is 0. The lowest BCUT2D eigenvalue weighted by molar-refractivity contribution is 0.0946. The third kappa shape index (κ3) is 3.06. The molecule has 15 heavy (non-hydrogen) atoms. The molecule has 1 aromatic rings. The van der Waals surface area contributed by atoms with Crippen LogP contribution in [0.3, 0.4) is 0 Å². The van der Waals surface area contributed by atoms with E-state index in [0.29, 0.717) is 17.9 Å². The first-order chi connectivity index (χ1) is 7.19. The van der Waals surface area contributed by atoms with Crippen molar-refractivity contribution >= 4 is 5.78 Å². The predicted molar refractivity (Wildman–Crippen MR) is 60.5 cm³/mol. The smallest absolute Gasteiger partial charge is 0.180 e. The van der Waals surface area contributed by atoms with Gasteiger partial charge in [-0.3, -0.25) is 9.69 Å². The molecule has 82 valence electrons. The van der Waals surface area contributed by atoms with Gasteiger partial charge in [-0.2, -0.15) is 0 Å².